The van der Waals surface area contributed by atoms with Crippen molar-refractivity contribution in [2.45, 2.75) is 38.1 Å². The average molecular weight is 407 g/mol. The number of fused-ring (bicyclic) bond motifs is 1. The van der Waals surface area contributed by atoms with E-state index >= 15 is 0 Å². The van der Waals surface area contributed by atoms with E-state index in [2.05, 4.69) is 20.4 Å². The molecule has 1 aromatic carbocycles. The molecule has 0 aliphatic heterocycles. The lowest BCUT2D eigenvalue weighted by atomic mass is 9.96. The monoisotopic (exact) mass is 406 g/mol. The molecule has 8 heteroatoms. The molecule has 0 bridgehead atoms. The van der Waals surface area contributed by atoms with Gasteiger partial charge in [0.2, 0.25) is 5.88 Å². The predicted molar refractivity (Wildman–Crippen MR) is 114 cm³/mol. The van der Waals surface area contributed by atoms with Crippen molar-refractivity contribution < 1.29 is 4.74 Å². The van der Waals surface area contributed by atoms with E-state index in [9.17, 15) is 0 Å². The van der Waals surface area contributed by atoms with Crippen molar-refractivity contribution in [1.82, 2.24) is 24.7 Å². The molecule has 0 amide bonds. The van der Waals surface area contributed by atoms with Crippen molar-refractivity contribution in [3.05, 3.63) is 42.9 Å². The van der Waals surface area contributed by atoms with Gasteiger partial charge in [-0.2, -0.15) is 10.1 Å². The second-order valence-corrected chi connectivity index (χ2v) is 8.38. The van der Waals surface area contributed by atoms with E-state index < -0.39 is 0 Å². The zero-order chi connectivity index (χ0) is 19.6. The van der Waals surface area contributed by atoms with E-state index in [0.717, 1.165) is 26.7 Å². The van der Waals surface area contributed by atoms with Crippen molar-refractivity contribution >= 4 is 26.7 Å². The van der Waals surface area contributed by atoms with E-state index in [0.29, 0.717) is 17.7 Å². The van der Waals surface area contributed by atoms with Gasteiger partial charge < -0.3 is 10.1 Å². The molecule has 1 N–H and O–H groups in total. The molecule has 0 unspecified atom stereocenters. The summed E-state index contributed by atoms with van der Waals surface area (Å²) in [6.07, 6.45) is 11.7. The van der Waals surface area contributed by atoms with Gasteiger partial charge in [0.25, 0.3) is 0 Å². The van der Waals surface area contributed by atoms with Crippen LogP contribution in [0.1, 0.15) is 32.1 Å². The van der Waals surface area contributed by atoms with Crippen LogP contribution in [0.5, 0.6) is 11.6 Å². The molecule has 3 heterocycles. The zero-order valence-corrected chi connectivity index (χ0v) is 17.0. The Morgan fingerprint density at radius 1 is 1.14 bits per heavy atom. The fraction of sp³-hybridized carbons (Fsp3) is 0.333. The minimum absolute atomic E-state index is 0.503. The molecule has 0 spiro atoms. The number of nitrogens with zero attached hydrogens (tertiary/aromatic N) is 5. The van der Waals surface area contributed by atoms with Gasteiger partial charge in [0.1, 0.15) is 5.75 Å². The first-order valence-corrected chi connectivity index (χ1v) is 10.7. The van der Waals surface area contributed by atoms with Crippen molar-refractivity contribution in [3.8, 4) is 23.0 Å². The van der Waals surface area contributed by atoms with Gasteiger partial charge in [-0.1, -0.05) is 30.6 Å². The SMILES string of the molecule is Cn1cc(-c2nccc(Oc3ccc4nc(NC5CCCCC5)sc4c3)n2)cn1. The van der Waals surface area contributed by atoms with E-state index in [1.807, 2.05) is 31.4 Å². The van der Waals surface area contributed by atoms with E-state index in [-0.39, 0.29) is 0 Å². The van der Waals surface area contributed by atoms with Crippen molar-refractivity contribution in [3.63, 3.8) is 0 Å². The number of aromatic nitrogens is 5. The van der Waals surface area contributed by atoms with Gasteiger partial charge in [0.15, 0.2) is 11.0 Å². The Balaban J connectivity index is 1.34. The molecule has 1 aliphatic carbocycles. The molecule has 5 rings (SSSR count). The van der Waals surface area contributed by atoms with Crippen LogP contribution < -0.4 is 10.1 Å². The Kier molecular flexibility index (Phi) is 4.85. The van der Waals surface area contributed by atoms with Gasteiger partial charge in [-0.15, -0.1) is 0 Å². The maximum absolute atomic E-state index is 5.99. The number of rotatable bonds is 5. The average Bonchev–Trinajstić information content (AvgIpc) is 3.34. The lowest BCUT2D eigenvalue weighted by Gasteiger charge is -2.22. The highest BCUT2D eigenvalue weighted by Crippen LogP contribution is 2.32. The second kappa shape index (κ2) is 7.79. The van der Waals surface area contributed by atoms with Crippen LogP contribution in [0.3, 0.4) is 0 Å². The first kappa shape index (κ1) is 18.1. The molecule has 0 radical (unpaired) electrons. The molecule has 0 saturated heterocycles. The van der Waals surface area contributed by atoms with Crippen LogP contribution in [0.2, 0.25) is 0 Å². The van der Waals surface area contributed by atoms with Crippen LogP contribution in [0.4, 0.5) is 5.13 Å². The number of thiazole rings is 1. The normalized spacial score (nSPS) is 14.9. The van der Waals surface area contributed by atoms with Gasteiger partial charge in [-0.25, -0.2) is 9.97 Å². The Bertz CT molecular complexity index is 1130. The fourth-order valence-corrected chi connectivity index (χ4v) is 4.62. The molecule has 4 aromatic rings. The summed E-state index contributed by atoms with van der Waals surface area (Å²) >= 11 is 1.67. The summed E-state index contributed by atoms with van der Waals surface area (Å²) in [4.78, 5) is 13.5. The van der Waals surface area contributed by atoms with E-state index in [1.165, 1.54) is 32.1 Å². The maximum atomic E-state index is 5.99. The lowest BCUT2D eigenvalue weighted by molar-refractivity contribution is 0.462. The van der Waals surface area contributed by atoms with Gasteiger partial charge in [0.05, 0.1) is 22.0 Å². The second-order valence-electron chi connectivity index (χ2n) is 7.35. The van der Waals surface area contributed by atoms with Gasteiger partial charge in [0, 0.05) is 37.6 Å². The Hall–Kier alpha value is -3.00. The van der Waals surface area contributed by atoms with Crippen molar-refractivity contribution in [2.24, 2.45) is 7.05 Å². The molecule has 1 aliphatic rings. The molecule has 29 heavy (non-hydrogen) atoms. The van der Waals surface area contributed by atoms with Gasteiger partial charge in [-0.3, -0.25) is 4.68 Å². The predicted octanol–water partition coefficient (Wildman–Crippen LogP) is 5.02. The van der Waals surface area contributed by atoms with Crippen molar-refractivity contribution in [1.29, 1.82) is 0 Å². The van der Waals surface area contributed by atoms with Crippen LogP contribution in [0.25, 0.3) is 21.6 Å². The highest BCUT2D eigenvalue weighted by atomic mass is 32.1. The number of hydrogen-bond donors (Lipinski definition) is 1. The summed E-state index contributed by atoms with van der Waals surface area (Å²) in [7, 11) is 1.87. The van der Waals surface area contributed by atoms with Crippen LogP contribution in [0.15, 0.2) is 42.9 Å². The Morgan fingerprint density at radius 3 is 2.86 bits per heavy atom. The number of aryl methyl sites for hydroxylation is 1. The third-order valence-corrected chi connectivity index (χ3v) is 6.06. The summed E-state index contributed by atoms with van der Waals surface area (Å²) in [5.41, 5.74) is 1.84. The minimum atomic E-state index is 0.503. The molecular weight excluding hydrogens is 384 g/mol. The number of benzene rings is 1. The minimum Gasteiger partial charge on any atom is -0.439 e. The first-order chi connectivity index (χ1) is 14.2. The van der Waals surface area contributed by atoms with E-state index in [4.69, 9.17) is 9.72 Å². The van der Waals surface area contributed by atoms with Crippen LogP contribution in [0, 0.1) is 0 Å². The fourth-order valence-electron chi connectivity index (χ4n) is 3.65. The summed E-state index contributed by atoms with van der Waals surface area (Å²) in [6, 6.07) is 8.25. The highest BCUT2D eigenvalue weighted by molar-refractivity contribution is 7.22. The maximum Gasteiger partial charge on any atom is 0.222 e. The smallest absolute Gasteiger partial charge is 0.222 e. The number of hydrogen-bond acceptors (Lipinski definition) is 7. The third kappa shape index (κ3) is 4.07. The summed E-state index contributed by atoms with van der Waals surface area (Å²) in [6.45, 7) is 0. The van der Waals surface area contributed by atoms with Crippen LogP contribution in [-0.4, -0.2) is 30.8 Å². The highest BCUT2D eigenvalue weighted by Gasteiger charge is 2.15. The summed E-state index contributed by atoms with van der Waals surface area (Å²) < 4.78 is 8.82. The Morgan fingerprint density at radius 2 is 2.03 bits per heavy atom. The molecule has 3 aromatic heterocycles. The molecule has 7 nitrogen and oxygen atoms in total. The standard InChI is InChI=1S/C21H22N6OS/c1-27-13-14(12-23-27)20-22-10-9-19(26-20)28-16-7-8-17-18(11-16)29-21(25-17)24-15-5-3-2-4-6-15/h7-13,15H,2-6H2,1H3,(H,24,25). The quantitative estimate of drug-likeness (QED) is 0.501. The number of anilines is 1. The summed E-state index contributed by atoms with van der Waals surface area (Å²) in [5, 5.41) is 8.77. The molecule has 1 saturated carbocycles. The Labute approximate surface area is 172 Å². The third-order valence-electron chi connectivity index (χ3n) is 5.11. The lowest BCUT2D eigenvalue weighted by Crippen LogP contribution is -2.21. The number of nitrogens with one attached hydrogen (secondary N) is 1. The molecule has 0 atom stereocenters. The van der Waals surface area contributed by atoms with Crippen LogP contribution in [-0.2, 0) is 7.05 Å². The first-order valence-electron chi connectivity index (χ1n) is 9.90. The van der Waals surface area contributed by atoms with Gasteiger partial charge in [-0.05, 0) is 25.0 Å². The summed E-state index contributed by atoms with van der Waals surface area (Å²) in [5.74, 6) is 1.83. The molecular formula is C21H22N6OS. The van der Waals surface area contributed by atoms with E-state index in [1.54, 1.807) is 34.5 Å². The van der Waals surface area contributed by atoms with Gasteiger partial charge >= 0.3 is 0 Å². The topological polar surface area (TPSA) is 77.8 Å². The van der Waals surface area contributed by atoms with Crippen molar-refractivity contribution in [2.75, 3.05) is 5.32 Å². The molecule has 1 fully saturated rings. The zero-order valence-electron chi connectivity index (χ0n) is 16.2. The largest absolute Gasteiger partial charge is 0.439 e. The number of ether oxygens (including phenoxy) is 1. The molecule has 148 valence electrons. The van der Waals surface area contributed by atoms with Crippen LogP contribution >= 0.6 is 11.3 Å².